The highest BCUT2D eigenvalue weighted by atomic mass is 28.4. The molecule has 2 aromatic rings. The van der Waals surface area contributed by atoms with E-state index in [1.165, 1.54) is 17.3 Å². The Balaban J connectivity index is 1.76. The van der Waals surface area contributed by atoms with Crippen molar-refractivity contribution in [2.75, 3.05) is 20.3 Å². The molecule has 1 unspecified atom stereocenters. The highest BCUT2D eigenvalue weighted by molar-refractivity contribution is 6.99. The van der Waals surface area contributed by atoms with Crippen molar-refractivity contribution in [3.05, 3.63) is 60.7 Å². The molecule has 2 fully saturated rings. The lowest BCUT2D eigenvalue weighted by Gasteiger charge is -2.45. The average molecular weight is 457 g/mol. The molecule has 0 spiro atoms. The Bertz CT molecular complexity index is 889. The van der Waals surface area contributed by atoms with Crippen molar-refractivity contribution in [1.82, 2.24) is 0 Å². The fraction of sp³-hybridized carbons (Fsp3) is 0.480. The van der Waals surface area contributed by atoms with Crippen LogP contribution in [0.2, 0.25) is 5.04 Å². The van der Waals surface area contributed by atoms with Crippen molar-refractivity contribution in [1.29, 1.82) is 0 Å². The molecule has 2 heterocycles. The summed E-state index contributed by atoms with van der Waals surface area (Å²) in [5, 5.41) is 2.17. The number of esters is 1. The second-order valence-electron chi connectivity index (χ2n) is 9.54. The van der Waals surface area contributed by atoms with Crippen LogP contribution in [0, 0.1) is 0 Å². The van der Waals surface area contributed by atoms with Gasteiger partial charge in [0, 0.05) is 14.0 Å². The summed E-state index contributed by atoms with van der Waals surface area (Å²) >= 11 is 0. The van der Waals surface area contributed by atoms with E-state index in [1.807, 2.05) is 12.1 Å². The summed E-state index contributed by atoms with van der Waals surface area (Å²) in [4.78, 5) is 11.9. The van der Waals surface area contributed by atoms with Crippen LogP contribution >= 0.6 is 0 Å². The molecular weight excluding hydrogens is 424 g/mol. The first kappa shape index (κ1) is 23.1. The highest BCUT2D eigenvalue weighted by Gasteiger charge is 2.65. The van der Waals surface area contributed by atoms with Crippen molar-refractivity contribution in [2.24, 2.45) is 0 Å². The SMILES string of the molecule is CO[C@@H]1O[C@@]2(CO[Si](c3ccccc3)(c3ccccc3)C(C)(C)C)CO[C@H]1C2OC(C)=O. The molecule has 0 aliphatic carbocycles. The highest BCUT2D eigenvalue weighted by Crippen LogP contribution is 2.44. The zero-order valence-electron chi connectivity index (χ0n) is 19.4. The van der Waals surface area contributed by atoms with E-state index in [2.05, 4.69) is 69.3 Å². The van der Waals surface area contributed by atoms with Gasteiger partial charge in [0.05, 0.1) is 13.2 Å². The second-order valence-corrected chi connectivity index (χ2v) is 13.9. The van der Waals surface area contributed by atoms with Crippen molar-refractivity contribution in [2.45, 2.75) is 56.8 Å². The van der Waals surface area contributed by atoms with Gasteiger partial charge in [-0.25, -0.2) is 0 Å². The number of benzene rings is 2. The van der Waals surface area contributed by atoms with Crippen LogP contribution in [0.15, 0.2) is 60.7 Å². The maximum atomic E-state index is 11.9. The molecule has 4 atom stereocenters. The van der Waals surface area contributed by atoms with Gasteiger partial charge in [0.15, 0.2) is 18.0 Å². The van der Waals surface area contributed by atoms with E-state index in [0.29, 0.717) is 0 Å². The lowest BCUT2D eigenvalue weighted by Crippen LogP contribution is -2.68. The maximum Gasteiger partial charge on any atom is 0.303 e. The molecule has 4 rings (SSSR count). The molecule has 6 nitrogen and oxygen atoms in total. The summed E-state index contributed by atoms with van der Waals surface area (Å²) in [6, 6.07) is 20.8. The molecule has 0 aromatic heterocycles. The third-order valence-electron chi connectivity index (χ3n) is 6.43. The van der Waals surface area contributed by atoms with E-state index >= 15 is 0 Å². The smallest absolute Gasteiger partial charge is 0.303 e. The second kappa shape index (κ2) is 8.72. The van der Waals surface area contributed by atoms with Crippen LogP contribution in [0.25, 0.3) is 0 Å². The number of methoxy groups -OCH3 is 1. The minimum absolute atomic E-state index is 0.179. The zero-order valence-corrected chi connectivity index (χ0v) is 20.4. The Morgan fingerprint density at radius 3 is 2.09 bits per heavy atom. The fourth-order valence-corrected chi connectivity index (χ4v) is 9.63. The molecular formula is C25H32O6Si. The molecule has 0 saturated carbocycles. The molecule has 172 valence electrons. The number of hydrogen-bond donors (Lipinski definition) is 0. The van der Waals surface area contributed by atoms with Crippen LogP contribution < -0.4 is 10.4 Å². The summed E-state index contributed by atoms with van der Waals surface area (Å²) in [6.07, 6.45) is -1.65. The van der Waals surface area contributed by atoms with E-state index in [-0.39, 0.29) is 24.2 Å². The molecule has 2 aliphatic rings. The van der Waals surface area contributed by atoms with Crippen molar-refractivity contribution >= 4 is 24.7 Å². The van der Waals surface area contributed by atoms with Crippen LogP contribution in [0.5, 0.6) is 0 Å². The normalized spacial score (nSPS) is 27.5. The summed E-state index contributed by atoms with van der Waals surface area (Å²) in [5.41, 5.74) is -0.913. The predicted molar refractivity (Wildman–Crippen MR) is 123 cm³/mol. The molecule has 2 aromatic carbocycles. The van der Waals surface area contributed by atoms with Crippen LogP contribution in [-0.4, -0.2) is 58.7 Å². The van der Waals surface area contributed by atoms with E-state index in [4.69, 9.17) is 23.4 Å². The van der Waals surface area contributed by atoms with E-state index in [1.54, 1.807) is 7.11 Å². The van der Waals surface area contributed by atoms with E-state index < -0.39 is 32.4 Å². The first-order valence-electron chi connectivity index (χ1n) is 11.0. The first-order valence-corrected chi connectivity index (χ1v) is 12.9. The van der Waals surface area contributed by atoms with Gasteiger partial charge in [0.25, 0.3) is 8.32 Å². The lowest BCUT2D eigenvalue weighted by molar-refractivity contribution is -0.241. The van der Waals surface area contributed by atoms with Gasteiger partial charge in [-0.05, 0) is 15.4 Å². The van der Waals surface area contributed by atoms with Gasteiger partial charge in [-0.2, -0.15) is 0 Å². The molecule has 0 amide bonds. The number of carbonyl (C=O) groups excluding carboxylic acids is 1. The minimum atomic E-state index is -2.78. The standard InChI is InChI=1S/C25H32O6Si/c1-18(26)30-22-21-23(27-5)31-25(22,16-28-21)17-29-32(24(2,3)4,19-12-8-6-9-13-19)20-14-10-7-11-15-20/h6-15,21-23H,16-17H2,1-5H3/t21-,22?,23+,25+/m0/s1. The van der Waals surface area contributed by atoms with E-state index in [0.717, 1.165) is 0 Å². The van der Waals surface area contributed by atoms with Gasteiger partial charge in [0.2, 0.25) is 0 Å². The molecule has 2 bridgehead atoms. The van der Waals surface area contributed by atoms with Crippen molar-refractivity contribution in [3.8, 4) is 0 Å². The Morgan fingerprint density at radius 1 is 1.06 bits per heavy atom. The fourth-order valence-electron chi connectivity index (χ4n) is 5.01. The van der Waals surface area contributed by atoms with Crippen LogP contribution in [-0.2, 0) is 28.2 Å². The van der Waals surface area contributed by atoms with Gasteiger partial charge >= 0.3 is 5.97 Å². The van der Waals surface area contributed by atoms with Crippen molar-refractivity contribution < 1.29 is 28.2 Å². The van der Waals surface area contributed by atoms with Gasteiger partial charge in [-0.3, -0.25) is 4.79 Å². The number of rotatable bonds is 7. The minimum Gasteiger partial charge on any atom is -0.456 e. The number of hydrogen-bond acceptors (Lipinski definition) is 6. The maximum absolute atomic E-state index is 11.9. The number of carbonyl (C=O) groups is 1. The molecule has 7 heteroatoms. The Morgan fingerprint density at radius 2 is 1.62 bits per heavy atom. The quantitative estimate of drug-likeness (QED) is 0.472. The van der Waals surface area contributed by atoms with E-state index in [9.17, 15) is 4.79 Å². The van der Waals surface area contributed by atoms with Crippen LogP contribution in [0.3, 0.4) is 0 Å². The Labute approximate surface area is 190 Å². The Hall–Kier alpha value is -2.03. The van der Waals surface area contributed by atoms with Crippen LogP contribution in [0.4, 0.5) is 0 Å². The monoisotopic (exact) mass is 456 g/mol. The third-order valence-corrected chi connectivity index (χ3v) is 11.4. The summed E-state index contributed by atoms with van der Waals surface area (Å²) in [6.45, 7) is 8.59. The van der Waals surface area contributed by atoms with Gasteiger partial charge in [-0.15, -0.1) is 0 Å². The number of ether oxygens (including phenoxy) is 4. The van der Waals surface area contributed by atoms with Gasteiger partial charge in [0.1, 0.15) is 6.10 Å². The predicted octanol–water partition coefficient (Wildman–Crippen LogP) is 2.63. The first-order chi connectivity index (χ1) is 15.2. The molecule has 0 N–H and O–H groups in total. The summed E-state index contributed by atoms with van der Waals surface area (Å²) in [5.74, 6) is -0.374. The summed E-state index contributed by atoms with van der Waals surface area (Å²) < 4.78 is 30.4. The molecule has 2 aliphatic heterocycles. The largest absolute Gasteiger partial charge is 0.456 e. The molecule has 32 heavy (non-hydrogen) atoms. The van der Waals surface area contributed by atoms with Gasteiger partial charge < -0.3 is 23.4 Å². The lowest BCUT2D eigenvalue weighted by atomic mass is 10.0. The zero-order chi connectivity index (χ0) is 23.0. The molecule has 2 saturated heterocycles. The Kier molecular flexibility index (Phi) is 6.31. The topological polar surface area (TPSA) is 63.2 Å². The van der Waals surface area contributed by atoms with Crippen molar-refractivity contribution in [3.63, 3.8) is 0 Å². The average Bonchev–Trinajstić information content (AvgIpc) is 3.25. The third kappa shape index (κ3) is 3.82. The molecule has 0 radical (unpaired) electrons. The van der Waals surface area contributed by atoms with Crippen LogP contribution in [0.1, 0.15) is 27.7 Å². The summed E-state index contributed by atoms with van der Waals surface area (Å²) in [7, 11) is -1.21. The number of fused-ring (bicyclic) bond motifs is 2. The van der Waals surface area contributed by atoms with Gasteiger partial charge in [-0.1, -0.05) is 81.4 Å².